The minimum Gasteiger partial charge on any atom is -0.461 e. The molecule has 0 aromatic rings. The summed E-state index contributed by atoms with van der Waals surface area (Å²) in [4.78, 5) is 72.6. The molecule has 5 unspecified atom stereocenters. The van der Waals surface area contributed by atoms with Crippen LogP contribution >= 0.6 is 15.6 Å². The van der Waals surface area contributed by atoms with Gasteiger partial charge >= 0.3 is 39.5 Å². The average Bonchev–Trinajstić information content (AvgIpc) is 1.01. The first-order valence-electron chi connectivity index (χ1n) is 36.0. The number of aliphatic hydroxyl groups excluding tert-OH is 1. The van der Waals surface area contributed by atoms with E-state index in [1.165, 1.54) is 0 Å². The topological polar surface area (TPSA) is 237 Å². The van der Waals surface area contributed by atoms with Crippen molar-refractivity contribution in [2.45, 2.75) is 226 Å². The van der Waals surface area contributed by atoms with Crippen molar-refractivity contribution in [3.05, 3.63) is 219 Å². The summed E-state index contributed by atoms with van der Waals surface area (Å²) in [6.07, 6.45) is 89.0. The maximum atomic E-state index is 13.1. The molecule has 0 aliphatic rings. The van der Waals surface area contributed by atoms with E-state index in [2.05, 4.69) is 174 Å². The van der Waals surface area contributed by atoms with Crippen LogP contribution in [0.2, 0.25) is 0 Å². The molecule has 0 heterocycles. The van der Waals surface area contributed by atoms with Crippen molar-refractivity contribution in [3.8, 4) is 0 Å². The molecule has 0 rings (SSSR count). The highest BCUT2D eigenvalue weighted by Crippen LogP contribution is 2.45. The highest BCUT2D eigenvalue weighted by atomic mass is 31.2. The number of ether oxygens (including phenoxy) is 4. The molecule has 17 nitrogen and oxygen atoms in total. The van der Waals surface area contributed by atoms with E-state index in [0.717, 1.165) is 128 Å². The highest BCUT2D eigenvalue weighted by Gasteiger charge is 2.30. The highest BCUT2D eigenvalue weighted by molar-refractivity contribution is 7.47. The molecule has 0 saturated carbocycles. The van der Waals surface area contributed by atoms with Crippen LogP contribution < -0.4 is 0 Å². The van der Waals surface area contributed by atoms with E-state index < -0.39 is 97.5 Å². The van der Waals surface area contributed by atoms with Crippen LogP contribution in [0, 0.1) is 0 Å². The van der Waals surface area contributed by atoms with Crippen LogP contribution in [0.5, 0.6) is 0 Å². The van der Waals surface area contributed by atoms with Crippen LogP contribution in [-0.2, 0) is 65.4 Å². The Kier molecular flexibility index (Phi) is 66.1. The van der Waals surface area contributed by atoms with Gasteiger partial charge in [-0.05, 0) is 135 Å². The number of hydrogen-bond donors (Lipinski definition) is 3. The zero-order valence-electron chi connectivity index (χ0n) is 60.5. The van der Waals surface area contributed by atoms with Crippen molar-refractivity contribution < 1.29 is 80.2 Å². The number of carbonyl (C=O) groups is 4. The van der Waals surface area contributed by atoms with Gasteiger partial charge in [0.05, 0.1) is 45.7 Å². The fourth-order valence-electron chi connectivity index (χ4n) is 8.22. The van der Waals surface area contributed by atoms with Crippen LogP contribution in [0.15, 0.2) is 219 Å². The molecule has 0 aliphatic heterocycles. The minimum absolute atomic E-state index is 0.0412. The fraction of sp³-hybridized carbons (Fsp3) is 0.506. The molecule has 100 heavy (non-hydrogen) atoms. The first-order chi connectivity index (χ1) is 48.7. The van der Waals surface area contributed by atoms with Crippen molar-refractivity contribution >= 4 is 39.5 Å². The summed E-state index contributed by atoms with van der Waals surface area (Å²) in [5.74, 6) is -2.68. The third-order valence-corrected chi connectivity index (χ3v) is 15.4. The molecule has 0 radical (unpaired) electrons. The summed E-state index contributed by atoms with van der Waals surface area (Å²) in [5.41, 5.74) is 0. The van der Waals surface area contributed by atoms with Crippen molar-refractivity contribution in [2.75, 3.05) is 39.6 Å². The van der Waals surface area contributed by atoms with Gasteiger partial charge in [-0.15, -0.1) is 0 Å². The van der Waals surface area contributed by atoms with Gasteiger partial charge < -0.3 is 33.8 Å². The molecule has 558 valence electrons. The maximum absolute atomic E-state index is 13.1. The SMILES string of the molecule is CC/C=C\C/C=C\C/C=C\C/C=C\C/C=C\CC(=O)OCC(COP(=O)(O)OCC(O)COP(=O)(O)OCC(COC(=O)C/C=C\C/C=C\C/C=C\C/C=C\C/C=C\CC)OC(=O)CCCCCCC/C=C\C/C=C\C/C=C\CC)OC(=O)C/C=C\C/C=C\C/C=C\C/C=C\C/C=C\CC. The monoisotopic (exact) mass is 1430 g/mol. The van der Waals surface area contributed by atoms with Gasteiger partial charge in [0.25, 0.3) is 0 Å². The number of rotatable bonds is 64. The predicted octanol–water partition coefficient (Wildman–Crippen LogP) is 20.5. The lowest BCUT2D eigenvalue weighted by Crippen LogP contribution is -2.30. The number of allylic oxidation sites excluding steroid dienone is 33. The Bertz CT molecular complexity index is 2770. The van der Waals surface area contributed by atoms with Gasteiger partial charge in [-0.2, -0.15) is 0 Å². The standard InChI is InChI=1S/C81H122O17P2/c1-5-9-13-17-21-25-29-33-37-41-45-49-53-57-61-65-78(83)91-71-76(97-80(85)67-63-59-55-51-47-43-39-35-31-27-23-19-15-11-7-3)73-95-99(87,88)93-69-75(82)70-94-100(89,90)96-74-77(98-81(86)68-64-60-56-52-48-44-40-36-32-28-24-20-16-12-8-4)72-92-79(84)66-62-58-54-50-46-42-38-34-30-26-22-18-14-10-6-2/h9-16,21-28,33-40,45-47,49-51,57-59,61-63,75-77,82H,5-8,17-20,29-32,41-44,48,52-56,60,64-74H2,1-4H3,(H,87,88)(H,89,90)/b13-9-,14-10-,15-11-,16-12-,25-21-,26-22-,27-23-,28-24-,37-33-,38-34-,39-35-,40-36-,49-45-,50-46-,51-47-,61-57-,62-58-,63-59-. The lowest BCUT2D eigenvalue weighted by molar-refractivity contribution is -0.160. The third-order valence-electron chi connectivity index (χ3n) is 13.5. The van der Waals surface area contributed by atoms with Crippen molar-refractivity contribution in [1.82, 2.24) is 0 Å². The maximum Gasteiger partial charge on any atom is 0.472 e. The molecule has 0 spiro atoms. The first-order valence-corrected chi connectivity index (χ1v) is 39.0. The van der Waals surface area contributed by atoms with E-state index in [1.807, 2.05) is 42.5 Å². The summed E-state index contributed by atoms with van der Waals surface area (Å²) in [7, 11) is -10.1. The minimum atomic E-state index is -5.04. The van der Waals surface area contributed by atoms with Gasteiger partial charge in [0.1, 0.15) is 19.3 Å². The molecule has 0 fully saturated rings. The second-order valence-corrected chi connectivity index (χ2v) is 25.6. The molecular formula is C81H122O17P2. The van der Waals surface area contributed by atoms with Gasteiger partial charge in [-0.25, -0.2) is 9.13 Å². The van der Waals surface area contributed by atoms with Crippen LogP contribution in [0.25, 0.3) is 0 Å². The van der Waals surface area contributed by atoms with E-state index in [9.17, 15) is 43.2 Å². The second-order valence-electron chi connectivity index (χ2n) is 22.7. The quantitative estimate of drug-likeness (QED) is 0.0169. The number of unbranched alkanes of at least 4 members (excludes halogenated alkanes) is 5. The summed E-state index contributed by atoms with van der Waals surface area (Å²) in [6, 6.07) is 0. The van der Waals surface area contributed by atoms with Gasteiger partial charge in [0, 0.05) is 6.42 Å². The normalized spacial score (nSPS) is 15.2. The zero-order valence-corrected chi connectivity index (χ0v) is 62.3. The molecule has 0 amide bonds. The molecular weight excluding hydrogens is 1310 g/mol. The summed E-state index contributed by atoms with van der Waals surface area (Å²) < 4.78 is 67.9. The number of phosphoric acid groups is 2. The van der Waals surface area contributed by atoms with E-state index in [-0.39, 0.29) is 25.7 Å². The smallest absolute Gasteiger partial charge is 0.461 e. The van der Waals surface area contributed by atoms with Gasteiger partial charge in [0.15, 0.2) is 12.2 Å². The molecule has 0 aromatic heterocycles. The number of carbonyl (C=O) groups excluding carboxylic acids is 4. The Morgan fingerprint density at radius 2 is 0.530 bits per heavy atom. The molecule has 19 heteroatoms. The Hall–Kier alpha value is -6.62. The lowest BCUT2D eigenvalue weighted by Gasteiger charge is -2.21. The van der Waals surface area contributed by atoms with Crippen LogP contribution in [0.1, 0.15) is 207 Å². The van der Waals surface area contributed by atoms with Crippen LogP contribution in [-0.4, -0.2) is 96.7 Å². The van der Waals surface area contributed by atoms with Gasteiger partial charge in [-0.1, -0.05) is 266 Å². The number of phosphoric ester groups is 2. The third kappa shape index (κ3) is 69.8. The average molecular weight is 1430 g/mol. The molecule has 0 aromatic carbocycles. The number of esters is 4. The Labute approximate surface area is 601 Å². The van der Waals surface area contributed by atoms with Gasteiger partial charge in [-0.3, -0.25) is 37.3 Å². The first kappa shape index (κ1) is 93.4. The molecule has 0 saturated heterocycles. The van der Waals surface area contributed by atoms with E-state index in [4.69, 9.17) is 37.0 Å². The number of hydrogen-bond acceptors (Lipinski definition) is 15. The van der Waals surface area contributed by atoms with Crippen LogP contribution in [0.3, 0.4) is 0 Å². The van der Waals surface area contributed by atoms with E-state index in [1.54, 1.807) is 30.4 Å². The van der Waals surface area contributed by atoms with Crippen LogP contribution in [0.4, 0.5) is 0 Å². The van der Waals surface area contributed by atoms with E-state index >= 15 is 0 Å². The summed E-state index contributed by atoms with van der Waals surface area (Å²) >= 11 is 0. The molecule has 5 atom stereocenters. The predicted molar refractivity (Wildman–Crippen MR) is 408 cm³/mol. The largest absolute Gasteiger partial charge is 0.472 e. The number of aliphatic hydroxyl groups is 1. The van der Waals surface area contributed by atoms with Gasteiger partial charge in [0.2, 0.25) is 0 Å². The molecule has 0 aliphatic carbocycles. The molecule has 0 bridgehead atoms. The molecule has 3 N–H and O–H groups in total. The Morgan fingerprint density at radius 1 is 0.290 bits per heavy atom. The van der Waals surface area contributed by atoms with Crippen molar-refractivity contribution in [3.63, 3.8) is 0 Å². The van der Waals surface area contributed by atoms with E-state index in [0.29, 0.717) is 25.7 Å². The summed E-state index contributed by atoms with van der Waals surface area (Å²) in [5, 5.41) is 10.6. The lowest BCUT2D eigenvalue weighted by atomic mass is 10.1. The zero-order chi connectivity index (χ0) is 73.2. The Morgan fingerprint density at radius 3 is 0.840 bits per heavy atom. The Balaban J connectivity index is 5.61. The van der Waals surface area contributed by atoms with Crippen molar-refractivity contribution in [2.24, 2.45) is 0 Å². The summed E-state index contributed by atoms with van der Waals surface area (Å²) in [6.45, 7) is 3.97. The van der Waals surface area contributed by atoms with Crippen molar-refractivity contribution in [1.29, 1.82) is 0 Å². The second kappa shape index (κ2) is 70.8. The fourth-order valence-corrected chi connectivity index (χ4v) is 9.80.